The molecule has 0 saturated carbocycles. The smallest absolute Gasteiger partial charge is 0.240 e. The number of fused-ring (bicyclic) bond motifs is 5. The highest BCUT2D eigenvalue weighted by Crippen LogP contribution is 2.46. The van der Waals surface area contributed by atoms with E-state index in [-0.39, 0.29) is 29.6 Å². The Morgan fingerprint density at radius 2 is 1.52 bits per heavy atom. The minimum Gasteiger partial charge on any atom is -0.545 e. The highest BCUT2D eigenvalue weighted by Gasteiger charge is 2.60. The molecule has 1 aromatic carbocycles. The number of anilines is 1. The molecule has 106 valence electrons. The fourth-order valence-corrected chi connectivity index (χ4v) is 3.30. The van der Waals surface area contributed by atoms with Gasteiger partial charge in [0, 0.05) is 0 Å². The molecule has 0 unspecified atom stereocenters. The van der Waals surface area contributed by atoms with Crippen LogP contribution in [0.25, 0.3) is 0 Å². The van der Waals surface area contributed by atoms with E-state index in [1.165, 1.54) is 24.3 Å². The number of carbonyl (C=O) groups is 3. The van der Waals surface area contributed by atoms with Crippen molar-refractivity contribution < 1.29 is 24.2 Å². The lowest BCUT2D eigenvalue weighted by Gasteiger charge is -2.18. The average Bonchev–Trinajstić information content (AvgIpc) is 3.13. The molecule has 2 fully saturated rings. The number of hydrogen-bond acceptors (Lipinski definition) is 5. The maximum Gasteiger partial charge on any atom is 0.240 e. The van der Waals surface area contributed by atoms with Gasteiger partial charge in [-0.05, 0) is 17.7 Å². The van der Waals surface area contributed by atoms with Crippen LogP contribution in [-0.4, -0.2) is 30.0 Å². The number of hydrogen-bond donors (Lipinski definition) is 0. The summed E-state index contributed by atoms with van der Waals surface area (Å²) < 4.78 is 5.55. The van der Waals surface area contributed by atoms with Gasteiger partial charge in [0.25, 0.3) is 0 Å². The van der Waals surface area contributed by atoms with Crippen LogP contribution in [0.15, 0.2) is 36.4 Å². The van der Waals surface area contributed by atoms with Crippen LogP contribution in [0, 0.1) is 11.8 Å². The summed E-state index contributed by atoms with van der Waals surface area (Å²) in [6, 6.07) is 5.53. The molecule has 0 spiro atoms. The number of carbonyl (C=O) groups excluding carboxylic acids is 3. The van der Waals surface area contributed by atoms with E-state index in [1.807, 2.05) is 12.2 Å². The molecule has 4 rings (SSSR count). The van der Waals surface area contributed by atoms with Gasteiger partial charge in [-0.2, -0.15) is 0 Å². The molecule has 21 heavy (non-hydrogen) atoms. The zero-order valence-corrected chi connectivity index (χ0v) is 10.8. The van der Waals surface area contributed by atoms with E-state index < -0.39 is 17.8 Å². The Bertz CT molecular complexity index is 663. The number of ether oxygens (including phenoxy) is 1. The van der Waals surface area contributed by atoms with Gasteiger partial charge in [0.05, 0.1) is 35.7 Å². The topological polar surface area (TPSA) is 86.7 Å². The second-order valence-electron chi connectivity index (χ2n) is 5.35. The largest absolute Gasteiger partial charge is 0.545 e. The predicted octanol–water partition coefficient (Wildman–Crippen LogP) is -0.507. The van der Waals surface area contributed by atoms with Crippen LogP contribution in [0.1, 0.15) is 10.4 Å². The van der Waals surface area contributed by atoms with E-state index >= 15 is 0 Å². The summed E-state index contributed by atoms with van der Waals surface area (Å²) in [5.74, 6) is -2.80. The van der Waals surface area contributed by atoms with Crippen molar-refractivity contribution in [2.75, 3.05) is 4.90 Å². The van der Waals surface area contributed by atoms with Crippen LogP contribution >= 0.6 is 0 Å². The molecule has 3 aliphatic heterocycles. The first-order valence-corrected chi connectivity index (χ1v) is 6.61. The maximum atomic E-state index is 12.5. The molecule has 0 radical (unpaired) electrons. The van der Waals surface area contributed by atoms with Crippen molar-refractivity contribution >= 4 is 23.5 Å². The lowest BCUT2D eigenvalue weighted by Crippen LogP contribution is -2.34. The Morgan fingerprint density at radius 1 is 1.00 bits per heavy atom. The summed E-state index contributed by atoms with van der Waals surface area (Å²) in [4.78, 5) is 36.8. The van der Waals surface area contributed by atoms with Crippen molar-refractivity contribution in [2.24, 2.45) is 11.8 Å². The number of nitrogens with zero attached hydrogens (tertiary/aromatic N) is 1. The quantitative estimate of drug-likeness (QED) is 0.539. The molecule has 2 saturated heterocycles. The van der Waals surface area contributed by atoms with E-state index in [4.69, 9.17) is 4.74 Å². The van der Waals surface area contributed by atoms with Crippen LogP contribution in [0.2, 0.25) is 0 Å². The van der Waals surface area contributed by atoms with Crippen LogP contribution in [0.3, 0.4) is 0 Å². The Kier molecular flexibility index (Phi) is 2.35. The Balaban J connectivity index is 1.69. The zero-order valence-electron chi connectivity index (χ0n) is 10.8. The van der Waals surface area contributed by atoms with Crippen LogP contribution in [0.5, 0.6) is 0 Å². The van der Waals surface area contributed by atoms with Crippen molar-refractivity contribution in [1.29, 1.82) is 0 Å². The van der Waals surface area contributed by atoms with E-state index in [9.17, 15) is 19.5 Å². The van der Waals surface area contributed by atoms with E-state index in [0.29, 0.717) is 5.69 Å². The fourth-order valence-electron chi connectivity index (χ4n) is 3.30. The lowest BCUT2D eigenvalue weighted by atomic mass is 9.85. The number of carboxylic acid groups (broad SMARTS) is 1. The summed E-state index contributed by atoms with van der Waals surface area (Å²) in [5, 5.41) is 10.7. The minimum atomic E-state index is -1.30. The predicted molar refractivity (Wildman–Crippen MR) is 68.0 cm³/mol. The second-order valence-corrected chi connectivity index (χ2v) is 5.35. The van der Waals surface area contributed by atoms with Gasteiger partial charge in [-0.3, -0.25) is 9.59 Å². The molecule has 0 aromatic heterocycles. The van der Waals surface area contributed by atoms with Crippen molar-refractivity contribution in [3.8, 4) is 0 Å². The molecule has 4 atom stereocenters. The molecule has 1 aromatic rings. The maximum absolute atomic E-state index is 12.5. The number of amides is 2. The molecule has 6 heteroatoms. The number of aromatic carboxylic acids is 1. The first-order valence-electron chi connectivity index (χ1n) is 6.61. The molecule has 0 N–H and O–H groups in total. The number of rotatable bonds is 2. The standard InChI is InChI=1S/C15H11NO5/c17-13-11-9-5-6-10(21-9)12(11)14(18)16(13)8-3-1-7(2-4-8)15(19)20/h1-6,9-12H,(H,19,20)/p-1/t9-,10+,11-,12-/m0/s1. The minimum absolute atomic E-state index is 0.00288. The summed E-state index contributed by atoms with van der Waals surface area (Å²) in [6.07, 6.45) is 2.98. The molecule has 2 bridgehead atoms. The van der Waals surface area contributed by atoms with Crippen molar-refractivity contribution in [1.82, 2.24) is 0 Å². The van der Waals surface area contributed by atoms with Gasteiger partial charge >= 0.3 is 0 Å². The van der Waals surface area contributed by atoms with Gasteiger partial charge in [0.2, 0.25) is 11.8 Å². The first-order chi connectivity index (χ1) is 10.1. The molecule has 3 heterocycles. The molecule has 0 aliphatic carbocycles. The third-order valence-electron chi connectivity index (χ3n) is 4.27. The van der Waals surface area contributed by atoms with Crippen LogP contribution in [-0.2, 0) is 14.3 Å². The summed E-state index contributed by atoms with van der Waals surface area (Å²) >= 11 is 0. The monoisotopic (exact) mass is 284 g/mol. The van der Waals surface area contributed by atoms with Crippen molar-refractivity contribution in [3.63, 3.8) is 0 Å². The van der Waals surface area contributed by atoms with Crippen molar-refractivity contribution in [2.45, 2.75) is 12.2 Å². The third-order valence-corrected chi connectivity index (χ3v) is 4.27. The van der Waals surface area contributed by atoms with Gasteiger partial charge in [0.15, 0.2) is 0 Å². The summed E-state index contributed by atoms with van der Waals surface area (Å²) in [5.41, 5.74) is 0.381. The van der Waals surface area contributed by atoms with E-state index in [0.717, 1.165) is 4.90 Å². The molecular weight excluding hydrogens is 274 g/mol. The van der Waals surface area contributed by atoms with Gasteiger partial charge in [-0.1, -0.05) is 24.3 Å². The Labute approximate surface area is 119 Å². The number of imide groups is 1. The Hall–Kier alpha value is -2.47. The van der Waals surface area contributed by atoms with Gasteiger partial charge in [-0.25, -0.2) is 4.90 Å². The first kappa shape index (κ1) is 12.3. The van der Waals surface area contributed by atoms with Crippen molar-refractivity contribution in [3.05, 3.63) is 42.0 Å². The lowest BCUT2D eigenvalue weighted by molar-refractivity contribution is -0.255. The van der Waals surface area contributed by atoms with E-state index in [2.05, 4.69) is 0 Å². The SMILES string of the molecule is O=C([O-])c1ccc(N2C(=O)[C@@H]3[C@@H](C2=O)[C@H]2C=C[C@@H]3O2)cc1. The van der Waals surface area contributed by atoms with Gasteiger partial charge in [-0.15, -0.1) is 0 Å². The normalized spacial score (nSPS) is 32.9. The number of benzene rings is 1. The van der Waals surface area contributed by atoms with Gasteiger partial charge < -0.3 is 14.6 Å². The zero-order chi connectivity index (χ0) is 14.7. The average molecular weight is 284 g/mol. The molecule has 2 amide bonds. The highest BCUT2D eigenvalue weighted by atomic mass is 16.5. The molecule has 6 nitrogen and oxygen atoms in total. The highest BCUT2D eigenvalue weighted by molar-refractivity contribution is 6.23. The van der Waals surface area contributed by atoms with E-state index in [1.54, 1.807) is 0 Å². The summed E-state index contributed by atoms with van der Waals surface area (Å²) in [7, 11) is 0. The second kappa shape index (κ2) is 4.02. The molecular formula is C15H10NO5-. The van der Waals surface area contributed by atoms with Gasteiger partial charge in [0.1, 0.15) is 0 Å². The van der Waals surface area contributed by atoms with Crippen LogP contribution < -0.4 is 10.0 Å². The summed E-state index contributed by atoms with van der Waals surface area (Å²) in [6.45, 7) is 0. The third kappa shape index (κ3) is 1.53. The van der Waals surface area contributed by atoms with Crippen LogP contribution in [0.4, 0.5) is 5.69 Å². The number of carboxylic acids is 1. The molecule has 3 aliphatic rings. The Morgan fingerprint density at radius 3 is 2.00 bits per heavy atom. The fraction of sp³-hybridized carbons (Fsp3) is 0.267.